The Morgan fingerprint density at radius 1 is 1.30 bits per heavy atom. The highest BCUT2D eigenvalue weighted by Gasteiger charge is 2.32. The van der Waals surface area contributed by atoms with Gasteiger partial charge in [-0.05, 0) is 43.5 Å². The maximum Gasteiger partial charge on any atom is 0.251 e. The summed E-state index contributed by atoms with van der Waals surface area (Å²) < 4.78 is 7.87. The molecule has 4 heteroatoms. The van der Waals surface area contributed by atoms with E-state index in [0.29, 0.717) is 13.3 Å². The lowest BCUT2D eigenvalue weighted by molar-refractivity contribution is 0.356. The van der Waals surface area contributed by atoms with Crippen LogP contribution in [-0.2, 0) is 6.54 Å². The third-order valence-electron chi connectivity index (χ3n) is 4.74. The molecule has 0 aliphatic carbocycles. The molecule has 23 heavy (non-hydrogen) atoms. The number of anilines is 1. The van der Waals surface area contributed by atoms with Crippen LogP contribution in [0.2, 0.25) is 0 Å². The predicted octanol–water partition coefficient (Wildman–Crippen LogP) is 3.81. The zero-order valence-corrected chi connectivity index (χ0v) is 13.8. The topological polar surface area (TPSA) is 34.5 Å². The molecule has 4 nitrogen and oxygen atoms in total. The number of aryl methyl sites for hydroxylation is 2. The van der Waals surface area contributed by atoms with E-state index in [0.717, 1.165) is 40.0 Å². The van der Waals surface area contributed by atoms with E-state index in [1.165, 1.54) is 11.1 Å². The molecule has 0 spiro atoms. The minimum absolute atomic E-state index is 0.0389. The highest BCUT2D eigenvalue weighted by molar-refractivity contribution is 6.01. The molecule has 118 valence electrons. The van der Waals surface area contributed by atoms with Gasteiger partial charge in [0, 0.05) is 29.3 Å². The lowest BCUT2D eigenvalue weighted by atomic mass is 9.95. The van der Waals surface area contributed by atoms with E-state index in [9.17, 15) is 4.79 Å². The van der Waals surface area contributed by atoms with E-state index in [2.05, 4.69) is 37.5 Å². The Balaban J connectivity index is 2.19. The second kappa shape index (κ2) is 4.75. The number of ether oxygens (including phenoxy) is 1. The van der Waals surface area contributed by atoms with E-state index < -0.39 is 0 Å². The van der Waals surface area contributed by atoms with Crippen LogP contribution in [0.25, 0.3) is 16.5 Å². The molecule has 3 heterocycles. The first kappa shape index (κ1) is 14.1. The Morgan fingerprint density at radius 3 is 2.83 bits per heavy atom. The van der Waals surface area contributed by atoms with E-state index in [4.69, 9.17) is 4.74 Å². The number of nitrogens with zero attached hydrogens (tertiary/aromatic N) is 2. The van der Waals surface area contributed by atoms with Gasteiger partial charge in [0.15, 0.2) is 12.5 Å². The number of allylic oxidation sites excluding steroid dienone is 2. The minimum atomic E-state index is 0.0389. The lowest BCUT2D eigenvalue weighted by Crippen LogP contribution is -2.22. The fourth-order valence-electron chi connectivity index (χ4n) is 3.63. The van der Waals surface area contributed by atoms with Gasteiger partial charge >= 0.3 is 0 Å². The molecule has 0 saturated heterocycles. The van der Waals surface area contributed by atoms with Crippen LogP contribution in [0.1, 0.15) is 31.4 Å². The van der Waals surface area contributed by atoms with Crippen molar-refractivity contribution in [2.24, 2.45) is 0 Å². The molecule has 4 rings (SSSR count). The quantitative estimate of drug-likeness (QED) is 0.846. The maximum absolute atomic E-state index is 12.5. The molecular formula is C19H20N2O2. The molecule has 0 radical (unpaired) electrons. The van der Waals surface area contributed by atoms with Crippen molar-refractivity contribution < 1.29 is 4.74 Å². The summed E-state index contributed by atoms with van der Waals surface area (Å²) in [5, 5.41) is 1.09. The summed E-state index contributed by atoms with van der Waals surface area (Å²) >= 11 is 0. The molecule has 0 bridgehead atoms. The molecule has 1 aromatic heterocycles. The number of benzene rings is 1. The van der Waals surface area contributed by atoms with Crippen LogP contribution in [0.5, 0.6) is 5.75 Å². The van der Waals surface area contributed by atoms with Gasteiger partial charge in [-0.25, -0.2) is 0 Å². The largest absolute Gasteiger partial charge is 0.468 e. The van der Waals surface area contributed by atoms with Gasteiger partial charge < -0.3 is 14.2 Å². The molecule has 2 aliphatic rings. The smallest absolute Gasteiger partial charge is 0.251 e. The van der Waals surface area contributed by atoms with Gasteiger partial charge in [-0.15, -0.1) is 0 Å². The SMILES string of the molecule is C=C1C=C(C)c2cc3c(C)cc(=O)n(CCC)c3c3c2N1CO3. The lowest BCUT2D eigenvalue weighted by Gasteiger charge is -2.26. The first-order valence-corrected chi connectivity index (χ1v) is 8.02. The number of hydrogen-bond donors (Lipinski definition) is 0. The summed E-state index contributed by atoms with van der Waals surface area (Å²) in [5.41, 5.74) is 6.29. The van der Waals surface area contributed by atoms with Crippen LogP contribution >= 0.6 is 0 Å². The zero-order valence-electron chi connectivity index (χ0n) is 13.8. The molecule has 1 aromatic carbocycles. The zero-order chi connectivity index (χ0) is 16.3. The highest BCUT2D eigenvalue weighted by atomic mass is 16.5. The number of hydrogen-bond acceptors (Lipinski definition) is 3. The Labute approximate surface area is 135 Å². The van der Waals surface area contributed by atoms with Crippen LogP contribution in [-0.4, -0.2) is 11.3 Å². The summed E-state index contributed by atoms with van der Waals surface area (Å²) in [4.78, 5) is 14.6. The van der Waals surface area contributed by atoms with Crippen LogP contribution in [0.4, 0.5) is 5.69 Å². The molecule has 0 saturated carbocycles. The van der Waals surface area contributed by atoms with Crippen molar-refractivity contribution in [3.05, 3.63) is 52.0 Å². The van der Waals surface area contributed by atoms with Crippen molar-refractivity contribution in [2.75, 3.05) is 11.6 Å². The number of fused-ring (bicyclic) bond motifs is 2. The third kappa shape index (κ3) is 1.81. The first-order valence-electron chi connectivity index (χ1n) is 8.02. The minimum Gasteiger partial charge on any atom is -0.468 e. The average Bonchev–Trinajstić information content (AvgIpc) is 2.94. The Morgan fingerprint density at radius 2 is 2.09 bits per heavy atom. The maximum atomic E-state index is 12.5. The monoisotopic (exact) mass is 308 g/mol. The standard InChI is InChI=1S/C19H20N2O2/c1-5-6-20-16(22)8-12(3)15-9-14-11(2)7-13(4)21-10-23-19(17(15)20)18(14)21/h7-9H,4-6,10H2,1-3H3. The van der Waals surface area contributed by atoms with Gasteiger partial charge in [0.2, 0.25) is 0 Å². The van der Waals surface area contributed by atoms with Crippen LogP contribution in [0.3, 0.4) is 0 Å². The van der Waals surface area contributed by atoms with Gasteiger partial charge in [-0.1, -0.05) is 13.5 Å². The second-order valence-electron chi connectivity index (χ2n) is 6.34. The van der Waals surface area contributed by atoms with Crippen molar-refractivity contribution in [2.45, 2.75) is 33.7 Å². The van der Waals surface area contributed by atoms with Crippen LogP contribution in [0, 0.1) is 6.92 Å². The molecule has 0 fully saturated rings. The first-order chi connectivity index (χ1) is 11.0. The molecule has 2 aromatic rings. The number of pyridine rings is 1. The Kier molecular flexibility index (Phi) is 2.92. The van der Waals surface area contributed by atoms with Gasteiger partial charge in [0.05, 0.1) is 11.2 Å². The van der Waals surface area contributed by atoms with Crippen LogP contribution in [0.15, 0.2) is 35.3 Å². The van der Waals surface area contributed by atoms with Crippen molar-refractivity contribution in [1.82, 2.24) is 4.57 Å². The number of aromatic nitrogens is 1. The van der Waals surface area contributed by atoms with Gasteiger partial charge in [0.1, 0.15) is 0 Å². The fraction of sp³-hybridized carbons (Fsp3) is 0.316. The van der Waals surface area contributed by atoms with E-state index in [-0.39, 0.29) is 5.56 Å². The molecule has 2 aliphatic heterocycles. The molecular weight excluding hydrogens is 288 g/mol. The van der Waals surface area contributed by atoms with Gasteiger partial charge in [-0.3, -0.25) is 4.79 Å². The Bertz CT molecular complexity index is 950. The molecule has 0 unspecified atom stereocenters. The summed E-state index contributed by atoms with van der Waals surface area (Å²) in [6.45, 7) is 11.4. The van der Waals surface area contributed by atoms with Crippen LogP contribution < -0.4 is 15.2 Å². The van der Waals surface area contributed by atoms with Gasteiger partial charge in [-0.2, -0.15) is 0 Å². The summed E-state index contributed by atoms with van der Waals surface area (Å²) in [7, 11) is 0. The number of rotatable bonds is 2. The fourth-order valence-corrected chi connectivity index (χ4v) is 3.63. The van der Waals surface area contributed by atoms with Crippen molar-refractivity contribution in [1.29, 1.82) is 0 Å². The molecule has 0 atom stereocenters. The highest BCUT2D eigenvalue weighted by Crippen LogP contribution is 2.49. The summed E-state index contributed by atoms with van der Waals surface area (Å²) in [5.74, 6) is 0.820. The molecule has 0 N–H and O–H groups in total. The van der Waals surface area contributed by atoms with E-state index in [1.54, 1.807) is 6.07 Å². The van der Waals surface area contributed by atoms with Gasteiger partial charge in [0.25, 0.3) is 5.56 Å². The average molecular weight is 308 g/mol. The summed E-state index contributed by atoms with van der Waals surface area (Å²) in [6.07, 6.45) is 2.99. The second-order valence-corrected chi connectivity index (χ2v) is 6.34. The summed E-state index contributed by atoms with van der Waals surface area (Å²) in [6, 6.07) is 3.92. The Hall–Kier alpha value is -2.49. The predicted molar refractivity (Wildman–Crippen MR) is 94.0 cm³/mol. The normalized spacial score (nSPS) is 15.7. The molecule has 0 amide bonds. The van der Waals surface area contributed by atoms with Crippen molar-refractivity contribution in [3.63, 3.8) is 0 Å². The van der Waals surface area contributed by atoms with E-state index in [1.807, 2.05) is 11.5 Å². The van der Waals surface area contributed by atoms with E-state index >= 15 is 0 Å². The van der Waals surface area contributed by atoms with Crippen molar-refractivity contribution >= 4 is 22.2 Å². The van der Waals surface area contributed by atoms with Crippen molar-refractivity contribution in [3.8, 4) is 5.75 Å². The third-order valence-corrected chi connectivity index (χ3v) is 4.74.